The number of carbonyl (C=O) groups excluding carboxylic acids is 2. The molecule has 4 nitrogen and oxygen atoms in total. The molecule has 0 N–H and O–H groups in total. The lowest BCUT2D eigenvalue weighted by atomic mass is 9.93. The van der Waals surface area contributed by atoms with Crippen molar-refractivity contribution in [1.29, 1.82) is 0 Å². The van der Waals surface area contributed by atoms with Crippen LogP contribution in [-0.4, -0.2) is 41.2 Å². The van der Waals surface area contributed by atoms with Crippen LogP contribution in [0, 0.1) is 0 Å². The number of fused-ring (bicyclic) bond motifs is 1. The fraction of sp³-hybridized carbons (Fsp3) is 0.280. The van der Waals surface area contributed by atoms with Crippen LogP contribution < -0.4 is 0 Å². The van der Waals surface area contributed by atoms with Crippen molar-refractivity contribution in [1.82, 2.24) is 9.80 Å². The molecule has 0 bridgehead atoms. The molecular formula is C25H24Cl2N2O2S. The first-order valence-corrected chi connectivity index (χ1v) is 12.3. The van der Waals surface area contributed by atoms with Crippen LogP contribution >= 0.6 is 34.5 Å². The highest BCUT2D eigenvalue weighted by Crippen LogP contribution is 2.41. The Morgan fingerprint density at radius 1 is 1.09 bits per heavy atom. The van der Waals surface area contributed by atoms with Gasteiger partial charge in [0, 0.05) is 33.6 Å². The lowest BCUT2D eigenvalue weighted by molar-refractivity contribution is -0.134. The zero-order valence-corrected chi connectivity index (χ0v) is 20.1. The standard InChI is InChI=1S/C25H24Cl2N2O2S/c1-2-12-28(25(31)17-6-4-3-5-7-17)16-23(30)29-13-10-22-20(11-14-32-22)24(29)19-9-8-18(26)15-21(19)27/h3-9,11,14-15,24H,2,10,12-13,16H2,1H3. The SMILES string of the molecule is CCCN(CC(=O)N1CCc2sccc2C1c1ccc(Cl)cc1Cl)C(=O)c1ccccc1. The maximum Gasteiger partial charge on any atom is 0.254 e. The van der Waals surface area contributed by atoms with E-state index >= 15 is 0 Å². The van der Waals surface area contributed by atoms with Crippen molar-refractivity contribution in [2.24, 2.45) is 0 Å². The predicted octanol–water partition coefficient (Wildman–Crippen LogP) is 6.08. The molecule has 1 atom stereocenters. The Balaban J connectivity index is 1.64. The third kappa shape index (κ3) is 4.70. The lowest BCUT2D eigenvalue weighted by Gasteiger charge is -2.38. The summed E-state index contributed by atoms with van der Waals surface area (Å²) >= 11 is 14.4. The molecule has 4 rings (SSSR count). The number of rotatable bonds is 6. The molecule has 3 aromatic rings. The van der Waals surface area contributed by atoms with E-state index in [1.807, 2.05) is 36.1 Å². The summed E-state index contributed by atoms with van der Waals surface area (Å²) in [7, 11) is 0. The van der Waals surface area contributed by atoms with E-state index in [4.69, 9.17) is 23.2 Å². The number of carbonyl (C=O) groups is 2. The minimum atomic E-state index is -0.294. The van der Waals surface area contributed by atoms with Crippen LogP contribution in [-0.2, 0) is 11.2 Å². The average molecular weight is 487 g/mol. The van der Waals surface area contributed by atoms with Gasteiger partial charge in [-0.2, -0.15) is 0 Å². The molecule has 0 aliphatic carbocycles. The Morgan fingerprint density at radius 2 is 1.88 bits per heavy atom. The smallest absolute Gasteiger partial charge is 0.254 e. The molecular weight excluding hydrogens is 463 g/mol. The van der Waals surface area contributed by atoms with Crippen LogP contribution in [0.2, 0.25) is 10.0 Å². The van der Waals surface area contributed by atoms with Crippen LogP contribution in [0.3, 0.4) is 0 Å². The van der Waals surface area contributed by atoms with Crippen LogP contribution in [0.5, 0.6) is 0 Å². The molecule has 0 fully saturated rings. The highest BCUT2D eigenvalue weighted by Gasteiger charge is 2.35. The number of hydrogen-bond acceptors (Lipinski definition) is 3. The van der Waals surface area contributed by atoms with Gasteiger partial charge in [-0.25, -0.2) is 0 Å². The molecule has 32 heavy (non-hydrogen) atoms. The third-order valence-electron chi connectivity index (χ3n) is 5.67. The first-order chi connectivity index (χ1) is 15.5. The van der Waals surface area contributed by atoms with E-state index in [0.717, 1.165) is 24.0 Å². The summed E-state index contributed by atoms with van der Waals surface area (Å²) in [6.45, 7) is 3.13. The largest absolute Gasteiger partial charge is 0.330 e. The maximum absolute atomic E-state index is 13.6. The van der Waals surface area contributed by atoms with Crippen LogP contribution in [0.1, 0.15) is 45.7 Å². The first kappa shape index (κ1) is 22.8. The molecule has 2 aromatic carbocycles. The summed E-state index contributed by atoms with van der Waals surface area (Å²) in [5.41, 5.74) is 2.53. The van der Waals surface area contributed by atoms with Gasteiger partial charge in [0.05, 0.1) is 6.04 Å². The van der Waals surface area contributed by atoms with Crippen molar-refractivity contribution in [2.45, 2.75) is 25.8 Å². The quantitative estimate of drug-likeness (QED) is 0.423. The van der Waals surface area contributed by atoms with Crippen LogP contribution in [0.15, 0.2) is 60.0 Å². The van der Waals surface area contributed by atoms with Gasteiger partial charge in [0.25, 0.3) is 5.91 Å². The lowest BCUT2D eigenvalue weighted by Crippen LogP contribution is -2.47. The maximum atomic E-state index is 13.6. The molecule has 166 valence electrons. The first-order valence-electron chi connectivity index (χ1n) is 10.6. The van der Waals surface area contributed by atoms with Gasteiger partial charge in [0.1, 0.15) is 6.54 Å². The molecule has 1 aromatic heterocycles. The van der Waals surface area contributed by atoms with Crippen molar-refractivity contribution >= 4 is 46.4 Å². The zero-order valence-electron chi connectivity index (χ0n) is 17.8. The molecule has 0 saturated heterocycles. The number of halogens is 2. The van der Waals surface area contributed by atoms with Gasteiger partial charge >= 0.3 is 0 Å². The Bertz CT molecular complexity index is 1120. The van der Waals surface area contributed by atoms with E-state index in [9.17, 15) is 9.59 Å². The highest BCUT2D eigenvalue weighted by atomic mass is 35.5. The summed E-state index contributed by atoms with van der Waals surface area (Å²) in [6, 6.07) is 16.3. The molecule has 1 aliphatic rings. The summed E-state index contributed by atoms with van der Waals surface area (Å²) in [5.74, 6) is -0.217. The molecule has 0 spiro atoms. The fourth-order valence-electron chi connectivity index (χ4n) is 4.18. The van der Waals surface area contributed by atoms with Crippen LogP contribution in [0.4, 0.5) is 0 Å². The summed E-state index contributed by atoms with van der Waals surface area (Å²) < 4.78 is 0. The van der Waals surface area contributed by atoms with E-state index in [2.05, 4.69) is 11.4 Å². The van der Waals surface area contributed by atoms with E-state index in [1.54, 1.807) is 40.5 Å². The van der Waals surface area contributed by atoms with Crippen molar-refractivity contribution in [2.75, 3.05) is 19.6 Å². The third-order valence-corrected chi connectivity index (χ3v) is 7.23. The van der Waals surface area contributed by atoms with Gasteiger partial charge in [0.15, 0.2) is 0 Å². The monoisotopic (exact) mass is 486 g/mol. The summed E-state index contributed by atoms with van der Waals surface area (Å²) in [5, 5.41) is 3.14. The second-order valence-electron chi connectivity index (χ2n) is 7.80. The zero-order chi connectivity index (χ0) is 22.7. The van der Waals surface area contributed by atoms with Crippen molar-refractivity contribution < 1.29 is 9.59 Å². The van der Waals surface area contributed by atoms with Crippen molar-refractivity contribution in [3.05, 3.63) is 91.6 Å². The minimum absolute atomic E-state index is 0.0305. The van der Waals surface area contributed by atoms with Crippen molar-refractivity contribution in [3.8, 4) is 0 Å². The molecule has 0 radical (unpaired) electrons. The minimum Gasteiger partial charge on any atom is -0.330 e. The Labute approximate surface area is 202 Å². The van der Waals surface area contributed by atoms with Gasteiger partial charge in [-0.05, 0) is 59.7 Å². The molecule has 2 amide bonds. The number of benzene rings is 2. The number of nitrogens with zero attached hydrogens (tertiary/aromatic N) is 2. The van der Waals surface area contributed by atoms with E-state index in [1.165, 1.54) is 4.88 Å². The Morgan fingerprint density at radius 3 is 2.59 bits per heavy atom. The van der Waals surface area contributed by atoms with Gasteiger partial charge < -0.3 is 9.80 Å². The molecule has 2 heterocycles. The summed E-state index contributed by atoms with van der Waals surface area (Å²) in [6.07, 6.45) is 1.56. The molecule has 1 aliphatic heterocycles. The molecule has 0 saturated carbocycles. The van der Waals surface area contributed by atoms with E-state index in [-0.39, 0.29) is 24.4 Å². The van der Waals surface area contributed by atoms with Crippen molar-refractivity contribution in [3.63, 3.8) is 0 Å². The number of thiophene rings is 1. The second kappa shape index (κ2) is 10.1. The average Bonchev–Trinajstić information content (AvgIpc) is 3.27. The number of amides is 2. The van der Waals surface area contributed by atoms with E-state index in [0.29, 0.717) is 28.7 Å². The molecule has 1 unspecified atom stereocenters. The van der Waals surface area contributed by atoms with E-state index < -0.39 is 0 Å². The normalized spacial score (nSPS) is 15.3. The topological polar surface area (TPSA) is 40.6 Å². The van der Waals surface area contributed by atoms with Gasteiger partial charge in [0.2, 0.25) is 5.91 Å². The predicted molar refractivity (Wildman–Crippen MR) is 131 cm³/mol. The van der Waals surface area contributed by atoms with Gasteiger partial charge in [-0.15, -0.1) is 11.3 Å². The van der Waals surface area contributed by atoms with Gasteiger partial charge in [-0.1, -0.05) is 54.4 Å². The second-order valence-corrected chi connectivity index (χ2v) is 9.64. The Hall–Kier alpha value is -2.34. The summed E-state index contributed by atoms with van der Waals surface area (Å²) in [4.78, 5) is 31.4. The fourth-order valence-corrected chi connectivity index (χ4v) is 5.60. The highest BCUT2D eigenvalue weighted by molar-refractivity contribution is 7.10. The van der Waals surface area contributed by atoms with Crippen LogP contribution in [0.25, 0.3) is 0 Å². The molecule has 7 heteroatoms. The Kier molecular flexibility index (Phi) is 7.19. The number of hydrogen-bond donors (Lipinski definition) is 0. The van der Waals surface area contributed by atoms with Gasteiger partial charge in [-0.3, -0.25) is 9.59 Å².